The van der Waals surface area contributed by atoms with Crippen LogP contribution in [0.3, 0.4) is 0 Å². The summed E-state index contributed by atoms with van der Waals surface area (Å²) in [6, 6.07) is 0. The molecular formula is C45H100. The molecule has 0 aromatic carbocycles. The number of hydrogen-bond donors (Lipinski definition) is 0. The average molecular weight is 641 g/mol. The predicted molar refractivity (Wildman–Crippen MR) is 218 cm³/mol. The minimum absolute atomic E-state index is 0.490. The van der Waals surface area contributed by atoms with E-state index in [-0.39, 0.29) is 0 Å². The van der Waals surface area contributed by atoms with E-state index in [1.807, 2.05) is 0 Å². The fourth-order valence-corrected chi connectivity index (χ4v) is 3.39. The highest BCUT2D eigenvalue weighted by Crippen LogP contribution is 2.31. The van der Waals surface area contributed by atoms with Crippen molar-refractivity contribution in [3.05, 3.63) is 0 Å². The molecule has 0 heteroatoms. The van der Waals surface area contributed by atoms with Gasteiger partial charge in [-0.2, -0.15) is 0 Å². The molecule has 0 saturated carbocycles. The molecule has 0 spiro atoms. The first kappa shape index (κ1) is 54.5. The van der Waals surface area contributed by atoms with Crippen molar-refractivity contribution >= 4 is 0 Å². The summed E-state index contributed by atoms with van der Waals surface area (Å²) >= 11 is 0. The fourth-order valence-electron chi connectivity index (χ4n) is 3.39. The first-order valence-corrected chi connectivity index (χ1v) is 19.6. The van der Waals surface area contributed by atoms with E-state index in [1.165, 1.54) is 51.4 Å². The molecule has 0 amide bonds. The van der Waals surface area contributed by atoms with Crippen LogP contribution in [0.25, 0.3) is 0 Å². The van der Waals surface area contributed by atoms with Gasteiger partial charge in [0.2, 0.25) is 0 Å². The van der Waals surface area contributed by atoms with Gasteiger partial charge in [0, 0.05) is 0 Å². The third-order valence-electron chi connectivity index (χ3n) is 9.66. The van der Waals surface area contributed by atoms with Crippen molar-refractivity contribution in [2.24, 2.45) is 62.6 Å². The van der Waals surface area contributed by atoms with Crippen LogP contribution < -0.4 is 0 Å². The minimum atomic E-state index is 0.490. The molecule has 0 aliphatic carbocycles. The Hall–Kier alpha value is 0. The molecule has 0 rings (SSSR count). The van der Waals surface area contributed by atoms with Crippen molar-refractivity contribution in [2.45, 2.75) is 231 Å². The summed E-state index contributed by atoms with van der Waals surface area (Å²) in [5.74, 6) is 5.06. The zero-order chi connectivity index (χ0) is 37.6. The first-order chi connectivity index (χ1) is 19.6. The summed E-state index contributed by atoms with van der Waals surface area (Å²) in [5, 5.41) is 0. The standard InChI is InChI=1S/C12H26.C11H24.C10H22.C7H16.C5H12/c1-6-7-8-9-10-11(2)12(3,4)5;1-9(2)7-8-10(3)11(4,5)6;1-8(2)7-9(3)10(4,5)6;1-6(2)7(3,4)5;1-5(2,3)4/h11H,6-10H2,1-5H3;9-10H,7-8H2,1-6H3;8-9H,7H2,1-6H3;6H,1-5H3;1-4H3. The second kappa shape index (κ2) is 25.9. The lowest BCUT2D eigenvalue weighted by Crippen LogP contribution is -2.18. The van der Waals surface area contributed by atoms with Gasteiger partial charge in [0.1, 0.15) is 0 Å². The summed E-state index contributed by atoms with van der Waals surface area (Å²) in [6.45, 7) is 59.6. The monoisotopic (exact) mass is 641 g/mol. The van der Waals surface area contributed by atoms with E-state index in [2.05, 4.69) is 180 Å². The Bertz CT molecular complexity index is 591. The lowest BCUT2D eigenvalue weighted by molar-refractivity contribution is 0.224. The maximum Gasteiger partial charge on any atom is -0.0357 e. The Balaban J connectivity index is -0.000000152. The highest BCUT2D eigenvalue weighted by atomic mass is 14.3. The molecule has 3 unspecified atom stereocenters. The second-order valence-corrected chi connectivity index (χ2v) is 21.8. The van der Waals surface area contributed by atoms with E-state index in [0.29, 0.717) is 27.1 Å². The molecular weight excluding hydrogens is 540 g/mol. The Morgan fingerprint density at radius 3 is 0.867 bits per heavy atom. The summed E-state index contributed by atoms with van der Waals surface area (Å²) in [4.78, 5) is 0. The molecule has 0 nitrogen and oxygen atoms in total. The zero-order valence-corrected chi connectivity index (χ0v) is 37.6. The van der Waals surface area contributed by atoms with E-state index >= 15 is 0 Å². The molecule has 0 aliphatic heterocycles. The average Bonchev–Trinajstić information content (AvgIpc) is 2.77. The predicted octanol–water partition coefficient (Wildman–Crippen LogP) is 17.2. The van der Waals surface area contributed by atoms with E-state index in [9.17, 15) is 0 Å². The Kier molecular flexibility index (Phi) is 31.4. The van der Waals surface area contributed by atoms with Crippen LogP contribution in [0.15, 0.2) is 0 Å². The number of rotatable bonds is 10. The van der Waals surface area contributed by atoms with E-state index in [1.54, 1.807) is 0 Å². The SMILES string of the molecule is CC(C)(C)C.CC(C)C(C)(C)C.CC(C)CC(C)C(C)(C)C.CC(C)CCC(C)C(C)(C)C.CCCCCCC(C)C(C)(C)C. The highest BCUT2D eigenvalue weighted by Gasteiger charge is 2.21. The maximum atomic E-state index is 2.38. The lowest BCUT2D eigenvalue weighted by Gasteiger charge is -2.28. The number of hydrogen-bond acceptors (Lipinski definition) is 0. The fraction of sp³-hybridized carbons (Fsp3) is 1.00. The van der Waals surface area contributed by atoms with Crippen LogP contribution in [0, 0.1) is 62.6 Å². The Morgan fingerprint density at radius 1 is 0.356 bits per heavy atom. The van der Waals surface area contributed by atoms with Crippen molar-refractivity contribution in [1.82, 2.24) is 0 Å². The normalized spacial score (nSPS) is 14.6. The van der Waals surface area contributed by atoms with Gasteiger partial charge in [0.05, 0.1) is 0 Å². The Labute approximate surface area is 293 Å². The Morgan fingerprint density at radius 2 is 0.667 bits per heavy atom. The van der Waals surface area contributed by atoms with Gasteiger partial charge in [-0.15, -0.1) is 0 Å². The molecule has 3 atom stereocenters. The zero-order valence-electron chi connectivity index (χ0n) is 37.6. The molecule has 0 N–H and O–H groups in total. The molecule has 280 valence electrons. The van der Waals surface area contributed by atoms with Gasteiger partial charge >= 0.3 is 0 Å². The minimum Gasteiger partial charge on any atom is -0.0654 e. The van der Waals surface area contributed by atoms with Crippen LogP contribution in [0.1, 0.15) is 231 Å². The quantitative estimate of drug-likeness (QED) is 0.208. The van der Waals surface area contributed by atoms with Gasteiger partial charge in [0.25, 0.3) is 0 Å². The van der Waals surface area contributed by atoms with Gasteiger partial charge in [-0.25, -0.2) is 0 Å². The molecule has 45 heavy (non-hydrogen) atoms. The molecule has 0 bridgehead atoms. The lowest BCUT2D eigenvalue weighted by atomic mass is 9.78. The van der Waals surface area contributed by atoms with Crippen LogP contribution in [0.4, 0.5) is 0 Å². The van der Waals surface area contributed by atoms with Gasteiger partial charge in [0.15, 0.2) is 0 Å². The second-order valence-electron chi connectivity index (χ2n) is 21.8. The van der Waals surface area contributed by atoms with Crippen molar-refractivity contribution in [3.63, 3.8) is 0 Å². The van der Waals surface area contributed by atoms with Crippen LogP contribution in [0.5, 0.6) is 0 Å². The third kappa shape index (κ3) is 51.0. The highest BCUT2D eigenvalue weighted by molar-refractivity contribution is 4.72. The van der Waals surface area contributed by atoms with Gasteiger partial charge in [-0.3, -0.25) is 0 Å². The van der Waals surface area contributed by atoms with E-state index in [0.717, 1.165) is 35.5 Å². The van der Waals surface area contributed by atoms with E-state index < -0.39 is 0 Å². The van der Waals surface area contributed by atoms with E-state index in [4.69, 9.17) is 0 Å². The maximum absolute atomic E-state index is 2.38. The van der Waals surface area contributed by atoms with Gasteiger partial charge in [-0.1, -0.05) is 219 Å². The van der Waals surface area contributed by atoms with Crippen molar-refractivity contribution in [2.75, 3.05) is 0 Å². The molecule has 0 aliphatic rings. The smallest absolute Gasteiger partial charge is 0.0357 e. The molecule has 0 heterocycles. The molecule has 0 saturated heterocycles. The van der Waals surface area contributed by atoms with Crippen LogP contribution >= 0.6 is 0 Å². The van der Waals surface area contributed by atoms with Gasteiger partial charge in [-0.05, 0) is 75.4 Å². The third-order valence-corrected chi connectivity index (χ3v) is 9.66. The molecule has 0 aromatic rings. The van der Waals surface area contributed by atoms with Crippen molar-refractivity contribution in [3.8, 4) is 0 Å². The van der Waals surface area contributed by atoms with Gasteiger partial charge < -0.3 is 0 Å². The summed E-state index contributed by atoms with van der Waals surface area (Å²) in [7, 11) is 0. The summed E-state index contributed by atoms with van der Waals surface area (Å²) in [6.07, 6.45) is 11.1. The van der Waals surface area contributed by atoms with Crippen molar-refractivity contribution in [1.29, 1.82) is 0 Å². The number of unbranched alkanes of at least 4 members (excludes halogenated alkanes) is 3. The molecule has 0 fully saturated rings. The van der Waals surface area contributed by atoms with Crippen LogP contribution in [-0.2, 0) is 0 Å². The van der Waals surface area contributed by atoms with Crippen molar-refractivity contribution < 1.29 is 0 Å². The largest absolute Gasteiger partial charge is 0.0654 e. The summed E-state index contributed by atoms with van der Waals surface area (Å²) in [5.41, 5.74) is 2.49. The molecule has 0 radical (unpaired) electrons. The van der Waals surface area contributed by atoms with Crippen LogP contribution in [-0.4, -0.2) is 0 Å². The topological polar surface area (TPSA) is 0 Å². The summed E-state index contributed by atoms with van der Waals surface area (Å²) < 4.78 is 0. The first-order valence-electron chi connectivity index (χ1n) is 19.6. The van der Waals surface area contributed by atoms with Crippen LogP contribution in [0.2, 0.25) is 0 Å². The molecule has 0 aromatic heterocycles.